The molecule has 1 aliphatic rings. The highest BCUT2D eigenvalue weighted by molar-refractivity contribution is 7.94. The van der Waals surface area contributed by atoms with Gasteiger partial charge in [-0.1, -0.05) is 23.7 Å². The van der Waals surface area contributed by atoms with Gasteiger partial charge in [-0.15, -0.1) is 0 Å². The number of ether oxygens (including phenoxy) is 1. The Kier molecular flexibility index (Phi) is 4.83. The van der Waals surface area contributed by atoms with Gasteiger partial charge in [0.25, 0.3) is 5.91 Å². The molecule has 0 N–H and O–H groups in total. The van der Waals surface area contributed by atoms with Gasteiger partial charge in [0.1, 0.15) is 5.75 Å². The van der Waals surface area contributed by atoms with Gasteiger partial charge in [-0.05, 0) is 42.5 Å². The second-order valence-electron chi connectivity index (χ2n) is 5.58. The molecule has 2 aromatic rings. The van der Waals surface area contributed by atoms with Crippen LogP contribution in [0.2, 0.25) is 5.02 Å². The Morgan fingerprint density at radius 2 is 1.84 bits per heavy atom. The molecule has 0 saturated heterocycles. The highest BCUT2D eigenvalue weighted by atomic mass is 35.5. The van der Waals surface area contributed by atoms with Crippen LogP contribution >= 0.6 is 11.6 Å². The molecule has 2 aromatic carbocycles. The summed E-state index contributed by atoms with van der Waals surface area (Å²) < 4.78 is 28.8. The van der Waals surface area contributed by atoms with E-state index in [0.717, 1.165) is 5.41 Å². The van der Waals surface area contributed by atoms with Crippen LogP contribution in [0.25, 0.3) is 0 Å². The zero-order valence-corrected chi connectivity index (χ0v) is 15.0. The van der Waals surface area contributed by atoms with Crippen LogP contribution in [0.1, 0.15) is 10.4 Å². The molecule has 0 radical (unpaired) electrons. The number of nitrogens with zero attached hydrogens (tertiary/aromatic N) is 1. The highest BCUT2D eigenvalue weighted by Gasteiger charge is 2.32. The zero-order chi connectivity index (χ0) is 18.0. The Labute approximate surface area is 151 Å². The molecule has 0 fully saturated rings. The Balaban J connectivity index is 2.04. The topological polar surface area (TPSA) is 63.7 Å². The monoisotopic (exact) mass is 377 g/mol. The van der Waals surface area contributed by atoms with E-state index in [1.807, 2.05) is 0 Å². The summed E-state index contributed by atoms with van der Waals surface area (Å²) in [7, 11) is -1.77. The Bertz CT molecular complexity index is 922. The summed E-state index contributed by atoms with van der Waals surface area (Å²) in [6.07, 6.45) is 1.52. The number of hydrogen-bond acceptors (Lipinski definition) is 4. The molecule has 1 atom stereocenters. The maximum Gasteiger partial charge on any atom is 0.260 e. The molecule has 1 aliphatic heterocycles. The third kappa shape index (κ3) is 3.70. The quantitative estimate of drug-likeness (QED) is 0.820. The van der Waals surface area contributed by atoms with Gasteiger partial charge in [0.15, 0.2) is 9.84 Å². The fraction of sp³-hybridized carbons (Fsp3) is 0.167. The average molecular weight is 378 g/mol. The number of hydrogen-bond donors (Lipinski definition) is 0. The molecule has 5 nitrogen and oxygen atoms in total. The second-order valence-corrected chi connectivity index (χ2v) is 7.92. The molecular formula is C18H16ClNO4S. The summed E-state index contributed by atoms with van der Waals surface area (Å²) in [5.41, 5.74) is 0.884. The lowest BCUT2D eigenvalue weighted by atomic mass is 10.1. The van der Waals surface area contributed by atoms with Crippen molar-refractivity contribution in [3.05, 3.63) is 70.6 Å². The summed E-state index contributed by atoms with van der Waals surface area (Å²) in [5.74, 6) is 0.126. The van der Waals surface area contributed by atoms with Crippen molar-refractivity contribution in [1.29, 1.82) is 0 Å². The SMILES string of the molecule is COc1ccc(N(C(=O)c2ccccc2Cl)C2C=CS(=O)(=O)C2)cc1. The molecule has 0 aliphatic carbocycles. The Hall–Kier alpha value is -2.31. The molecule has 25 heavy (non-hydrogen) atoms. The average Bonchev–Trinajstić information content (AvgIpc) is 2.95. The van der Waals surface area contributed by atoms with Gasteiger partial charge < -0.3 is 9.64 Å². The minimum Gasteiger partial charge on any atom is -0.497 e. The van der Waals surface area contributed by atoms with E-state index >= 15 is 0 Å². The lowest BCUT2D eigenvalue weighted by Gasteiger charge is -2.28. The van der Waals surface area contributed by atoms with Crippen LogP contribution in [0.3, 0.4) is 0 Å². The number of methoxy groups -OCH3 is 1. The van der Waals surface area contributed by atoms with E-state index in [1.54, 1.807) is 55.6 Å². The van der Waals surface area contributed by atoms with Gasteiger partial charge in [-0.25, -0.2) is 8.42 Å². The van der Waals surface area contributed by atoms with E-state index in [4.69, 9.17) is 16.3 Å². The molecule has 7 heteroatoms. The first-order chi connectivity index (χ1) is 11.9. The van der Waals surface area contributed by atoms with Crippen LogP contribution in [0, 0.1) is 0 Å². The molecule has 1 heterocycles. The number of sulfone groups is 1. The van der Waals surface area contributed by atoms with Crippen molar-refractivity contribution < 1.29 is 17.9 Å². The van der Waals surface area contributed by atoms with Crippen molar-refractivity contribution >= 4 is 33.0 Å². The summed E-state index contributed by atoms with van der Waals surface area (Å²) in [6.45, 7) is 0. The number of carbonyl (C=O) groups is 1. The standard InChI is InChI=1S/C18H16ClNO4S/c1-24-15-8-6-13(7-9-15)20(14-10-11-25(22,23)12-14)18(21)16-4-2-3-5-17(16)19/h2-11,14H,12H2,1H3. The van der Waals surface area contributed by atoms with Crippen molar-refractivity contribution in [2.24, 2.45) is 0 Å². The summed E-state index contributed by atoms with van der Waals surface area (Å²) in [5, 5.41) is 1.46. The molecule has 1 unspecified atom stereocenters. The van der Waals surface area contributed by atoms with Gasteiger partial charge in [0.2, 0.25) is 0 Å². The second kappa shape index (κ2) is 6.90. The Morgan fingerprint density at radius 1 is 1.16 bits per heavy atom. The predicted octanol–water partition coefficient (Wildman–Crippen LogP) is 3.31. The summed E-state index contributed by atoms with van der Waals surface area (Å²) >= 11 is 6.16. The maximum absolute atomic E-state index is 13.1. The van der Waals surface area contributed by atoms with Crippen LogP contribution < -0.4 is 9.64 Å². The molecule has 1 amide bonds. The van der Waals surface area contributed by atoms with Crippen molar-refractivity contribution in [3.8, 4) is 5.75 Å². The molecule has 3 rings (SSSR count). The first kappa shape index (κ1) is 17.5. The molecule has 0 spiro atoms. The van der Waals surface area contributed by atoms with Crippen LogP contribution in [-0.4, -0.2) is 33.2 Å². The van der Waals surface area contributed by atoms with Crippen molar-refractivity contribution in [1.82, 2.24) is 0 Å². The molecule has 130 valence electrons. The van der Waals surface area contributed by atoms with Gasteiger partial charge >= 0.3 is 0 Å². The van der Waals surface area contributed by atoms with Crippen LogP contribution in [0.15, 0.2) is 60.0 Å². The van der Waals surface area contributed by atoms with E-state index in [2.05, 4.69) is 0 Å². The van der Waals surface area contributed by atoms with Crippen LogP contribution in [0.4, 0.5) is 5.69 Å². The van der Waals surface area contributed by atoms with Gasteiger partial charge in [-0.3, -0.25) is 4.79 Å². The number of rotatable bonds is 4. The zero-order valence-electron chi connectivity index (χ0n) is 13.4. The predicted molar refractivity (Wildman–Crippen MR) is 98.0 cm³/mol. The fourth-order valence-electron chi connectivity index (χ4n) is 2.69. The minimum absolute atomic E-state index is 0.158. The lowest BCUT2D eigenvalue weighted by Crippen LogP contribution is -2.41. The van der Waals surface area contributed by atoms with E-state index < -0.39 is 15.9 Å². The molecular weight excluding hydrogens is 362 g/mol. The number of anilines is 1. The first-order valence-electron chi connectivity index (χ1n) is 7.54. The van der Waals surface area contributed by atoms with E-state index in [-0.39, 0.29) is 11.7 Å². The van der Waals surface area contributed by atoms with E-state index in [0.29, 0.717) is 22.0 Å². The van der Waals surface area contributed by atoms with E-state index in [1.165, 1.54) is 11.0 Å². The minimum atomic E-state index is -3.32. The number of amides is 1. The lowest BCUT2D eigenvalue weighted by molar-refractivity contribution is 0.0983. The summed E-state index contributed by atoms with van der Waals surface area (Å²) in [6, 6.07) is 13.0. The molecule has 0 aromatic heterocycles. The van der Waals surface area contributed by atoms with Gasteiger partial charge in [0, 0.05) is 11.1 Å². The van der Waals surface area contributed by atoms with Crippen LogP contribution in [0.5, 0.6) is 5.75 Å². The number of halogens is 1. The third-order valence-electron chi connectivity index (χ3n) is 3.92. The maximum atomic E-state index is 13.1. The van der Waals surface area contributed by atoms with Crippen molar-refractivity contribution in [2.45, 2.75) is 6.04 Å². The first-order valence-corrected chi connectivity index (χ1v) is 9.64. The fourth-order valence-corrected chi connectivity index (χ4v) is 4.17. The van der Waals surface area contributed by atoms with Gasteiger partial charge in [-0.2, -0.15) is 0 Å². The van der Waals surface area contributed by atoms with E-state index in [9.17, 15) is 13.2 Å². The summed E-state index contributed by atoms with van der Waals surface area (Å²) in [4.78, 5) is 14.5. The largest absolute Gasteiger partial charge is 0.497 e. The molecule has 0 saturated carbocycles. The van der Waals surface area contributed by atoms with Crippen LogP contribution in [-0.2, 0) is 9.84 Å². The smallest absolute Gasteiger partial charge is 0.260 e. The third-order valence-corrected chi connectivity index (χ3v) is 5.62. The normalized spacial score (nSPS) is 18.1. The number of benzene rings is 2. The molecule has 0 bridgehead atoms. The van der Waals surface area contributed by atoms with Gasteiger partial charge in [0.05, 0.1) is 29.5 Å². The number of carbonyl (C=O) groups excluding carboxylic acids is 1. The van der Waals surface area contributed by atoms with Crippen molar-refractivity contribution in [3.63, 3.8) is 0 Å². The highest BCUT2D eigenvalue weighted by Crippen LogP contribution is 2.28. The van der Waals surface area contributed by atoms with Crippen molar-refractivity contribution in [2.75, 3.05) is 17.8 Å². The Morgan fingerprint density at radius 3 is 2.40 bits per heavy atom.